The SMILES string of the molecule is COc1cc2nc(NCCCCN)c3nnc(C(F)(F)F)n3c2cc1OC. The van der Waals surface area contributed by atoms with Gasteiger partial charge in [-0.05, 0) is 19.4 Å². The van der Waals surface area contributed by atoms with E-state index in [0.717, 1.165) is 17.2 Å². The van der Waals surface area contributed by atoms with Crippen molar-refractivity contribution in [3.05, 3.63) is 18.0 Å². The summed E-state index contributed by atoms with van der Waals surface area (Å²) in [6.07, 6.45) is -3.16. The topological polar surface area (TPSA) is 99.6 Å². The molecule has 0 unspecified atom stereocenters. The number of halogens is 3. The first-order chi connectivity index (χ1) is 12.9. The average molecular weight is 384 g/mol. The normalized spacial score (nSPS) is 11.9. The van der Waals surface area contributed by atoms with Crippen molar-refractivity contribution in [3.63, 3.8) is 0 Å². The average Bonchev–Trinajstić information content (AvgIpc) is 3.10. The van der Waals surface area contributed by atoms with Crippen LogP contribution in [0.25, 0.3) is 16.7 Å². The molecule has 1 aromatic carbocycles. The molecule has 0 aliphatic rings. The number of ether oxygens (including phenoxy) is 2. The summed E-state index contributed by atoms with van der Waals surface area (Å²) in [5.74, 6) is -0.303. The highest BCUT2D eigenvalue weighted by Gasteiger charge is 2.38. The second-order valence-electron chi connectivity index (χ2n) is 5.76. The predicted molar refractivity (Wildman–Crippen MR) is 93.2 cm³/mol. The highest BCUT2D eigenvalue weighted by atomic mass is 19.4. The van der Waals surface area contributed by atoms with Gasteiger partial charge in [-0.1, -0.05) is 0 Å². The zero-order valence-electron chi connectivity index (χ0n) is 14.8. The highest BCUT2D eigenvalue weighted by Crippen LogP contribution is 2.36. The van der Waals surface area contributed by atoms with Gasteiger partial charge in [-0.15, -0.1) is 10.2 Å². The van der Waals surface area contributed by atoms with Crippen LogP contribution in [0.2, 0.25) is 0 Å². The molecular weight excluding hydrogens is 365 g/mol. The van der Waals surface area contributed by atoms with Gasteiger partial charge in [0.1, 0.15) is 0 Å². The molecule has 146 valence electrons. The molecule has 0 saturated heterocycles. The van der Waals surface area contributed by atoms with Crippen molar-refractivity contribution in [2.24, 2.45) is 5.73 Å². The summed E-state index contributed by atoms with van der Waals surface area (Å²) in [5, 5.41) is 10.1. The number of alkyl halides is 3. The molecule has 27 heavy (non-hydrogen) atoms. The lowest BCUT2D eigenvalue weighted by Crippen LogP contribution is -2.13. The fourth-order valence-corrected chi connectivity index (χ4v) is 2.74. The second kappa shape index (κ2) is 7.43. The zero-order valence-corrected chi connectivity index (χ0v) is 14.8. The van der Waals surface area contributed by atoms with E-state index in [0.29, 0.717) is 18.8 Å². The fraction of sp³-hybridized carbons (Fsp3) is 0.438. The summed E-state index contributed by atoms with van der Waals surface area (Å²) >= 11 is 0. The summed E-state index contributed by atoms with van der Waals surface area (Å²) in [6, 6.07) is 2.93. The number of nitrogens with zero attached hydrogens (tertiary/aromatic N) is 4. The molecule has 8 nitrogen and oxygen atoms in total. The van der Waals surface area contributed by atoms with Crippen LogP contribution >= 0.6 is 0 Å². The van der Waals surface area contributed by atoms with Crippen molar-refractivity contribution in [2.45, 2.75) is 19.0 Å². The Kier molecular flexibility index (Phi) is 5.22. The maximum Gasteiger partial charge on any atom is 0.452 e. The van der Waals surface area contributed by atoms with E-state index < -0.39 is 12.0 Å². The molecule has 0 saturated carbocycles. The van der Waals surface area contributed by atoms with E-state index in [1.54, 1.807) is 0 Å². The predicted octanol–water partition coefficient (Wildman–Crippen LogP) is 2.46. The van der Waals surface area contributed by atoms with Crippen molar-refractivity contribution in [1.82, 2.24) is 19.6 Å². The zero-order chi connectivity index (χ0) is 19.6. The van der Waals surface area contributed by atoms with Crippen molar-refractivity contribution in [3.8, 4) is 11.5 Å². The molecule has 0 fully saturated rings. The van der Waals surface area contributed by atoms with Crippen LogP contribution in [-0.2, 0) is 6.18 Å². The molecule has 3 N–H and O–H groups in total. The van der Waals surface area contributed by atoms with Crippen LogP contribution in [0, 0.1) is 0 Å². The fourth-order valence-electron chi connectivity index (χ4n) is 2.74. The van der Waals surface area contributed by atoms with E-state index in [2.05, 4.69) is 20.5 Å². The Hall–Kier alpha value is -2.82. The molecule has 0 radical (unpaired) electrons. The van der Waals surface area contributed by atoms with E-state index in [1.807, 2.05) is 0 Å². The van der Waals surface area contributed by atoms with E-state index >= 15 is 0 Å². The number of hydrogen-bond donors (Lipinski definition) is 2. The summed E-state index contributed by atoms with van der Waals surface area (Å²) in [4.78, 5) is 4.41. The van der Waals surface area contributed by atoms with Gasteiger partial charge in [0, 0.05) is 18.7 Å². The summed E-state index contributed by atoms with van der Waals surface area (Å²) in [7, 11) is 2.84. The smallest absolute Gasteiger partial charge is 0.452 e. The Morgan fingerprint density at radius 1 is 1.11 bits per heavy atom. The van der Waals surface area contributed by atoms with Crippen LogP contribution < -0.4 is 20.5 Å². The summed E-state index contributed by atoms with van der Waals surface area (Å²) in [6.45, 7) is 1.02. The third kappa shape index (κ3) is 3.54. The summed E-state index contributed by atoms with van der Waals surface area (Å²) < 4.78 is 51.7. The van der Waals surface area contributed by atoms with E-state index in [9.17, 15) is 13.2 Å². The number of methoxy groups -OCH3 is 2. The van der Waals surface area contributed by atoms with Gasteiger partial charge in [0.2, 0.25) is 11.5 Å². The Bertz CT molecular complexity index is 957. The molecule has 0 atom stereocenters. The van der Waals surface area contributed by atoms with Crippen LogP contribution in [0.15, 0.2) is 12.1 Å². The lowest BCUT2D eigenvalue weighted by molar-refractivity contribution is -0.145. The van der Waals surface area contributed by atoms with Gasteiger partial charge in [-0.3, -0.25) is 4.40 Å². The Labute approximate surface area is 152 Å². The van der Waals surface area contributed by atoms with Crippen molar-refractivity contribution in [2.75, 3.05) is 32.6 Å². The van der Waals surface area contributed by atoms with Crippen molar-refractivity contribution < 1.29 is 22.6 Å². The number of unbranched alkanes of at least 4 members (excludes halogenated alkanes) is 1. The van der Waals surface area contributed by atoms with Crippen LogP contribution in [0.1, 0.15) is 18.7 Å². The first kappa shape index (κ1) is 19.0. The molecule has 0 aliphatic heterocycles. The second-order valence-corrected chi connectivity index (χ2v) is 5.76. The van der Waals surface area contributed by atoms with E-state index in [1.165, 1.54) is 26.4 Å². The third-order valence-electron chi connectivity index (χ3n) is 4.01. The number of aromatic nitrogens is 4. The first-order valence-electron chi connectivity index (χ1n) is 8.22. The van der Waals surface area contributed by atoms with E-state index in [-0.39, 0.29) is 28.2 Å². The van der Waals surface area contributed by atoms with Crippen molar-refractivity contribution >= 4 is 22.5 Å². The van der Waals surface area contributed by atoms with Gasteiger partial charge < -0.3 is 20.5 Å². The molecule has 0 aliphatic carbocycles. The molecule has 3 rings (SSSR count). The largest absolute Gasteiger partial charge is 0.493 e. The maximum absolute atomic E-state index is 13.5. The minimum absolute atomic E-state index is 0.0187. The van der Waals surface area contributed by atoms with Gasteiger partial charge in [-0.2, -0.15) is 13.2 Å². The molecule has 2 aromatic heterocycles. The highest BCUT2D eigenvalue weighted by molar-refractivity contribution is 5.86. The molecular formula is C16H19F3N6O2. The number of rotatable bonds is 7. The molecule has 0 amide bonds. The minimum atomic E-state index is -4.68. The van der Waals surface area contributed by atoms with Gasteiger partial charge >= 0.3 is 6.18 Å². The van der Waals surface area contributed by atoms with Crippen molar-refractivity contribution in [1.29, 1.82) is 0 Å². The van der Waals surface area contributed by atoms with Crippen LogP contribution in [-0.4, -0.2) is 46.9 Å². The number of hydrogen-bond acceptors (Lipinski definition) is 7. The monoisotopic (exact) mass is 384 g/mol. The molecule has 0 bridgehead atoms. The maximum atomic E-state index is 13.5. The number of nitrogens with one attached hydrogen (secondary N) is 1. The van der Waals surface area contributed by atoms with Gasteiger partial charge in [0.05, 0.1) is 25.3 Å². The standard InChI is InChI=1S/C16H19F3N6O2/c1-26-11-7-9-10(8-12(11)27-2)25-14(23-24-15(25)16(17,18)19)13(22-9)21-6-4-3-5-20/h7-8H,3-6,20H2,1-2H3,(H,21,22). The first-order valence-corrected chi connectivity index (χ1v) is 8.22. The molecule has 2 heterocycles. The van der Waals surface area contributed by atoms with Crippen LogP contribution in [0.5, 0.6) is 11.5 Å². The Morgan fingerprint density at radius 3 is 2.44 bits per heavy atom. The summed E-state index contributed by atoms with van der Waals surface area (Å²) in [5.41, 5.74) is 5.89. The quantitative estimate of drug-likeness (QED) is 0.604. The number of fused-ring (bicyclic) bond motifs is 3. The van der Waals surface area contributed by atoms with E-state index in [4.69, 9.17) is 15.2 Å². The molecule has 0 spiro atoms. The van der Waals surface area contributed by atoms with Gasteiger partial charge in [0.25, 0.3) is 0 Å². The Balaban J connectivity index is 2.25. The van der Waals surface area contributed by atoms with Gasteiger partial charge in [-0.25, -0.2) is 4.98 Å². The number of benzene rings is 1. The Morgan fingerprint density at radius 2 is 1.81 bits per heavy atom. The van der Waals surface area contributed by atoms with Crippen LogP contribution in [0.3, 0.4) is 0 Å². The minimum Gasteiger partial charge on any atom is -0.493 e. The number of anilines is 1. The lowest BCUT2D eigenvalue weighted by Gasteiger charge is -2.14. The van der Waals surface area contributed by atoms with Gasteiger partial charge in [0.15, 0.2) is 17.3 Å². The molecule has 3 aromatic rings. The molecule has 11 heteroatoms. The lowest BCUT2D eigenvalue weighted by atomic mass is 10.2. The van der Waals surface area contributed by atoms with Crippen LogP contribution in [0.4, 0.5) is 19.0 Å². The third-order valence-corrected chi connectivity index (χ3v) is 4.01. The number of nitrogens with two attached hydrogens (primary N) is 1.